The van der Waals surface area contributed by atoms with Crippen molar-refractivity contribution < 1.29 is 4.79 Å². The summed E-state index contributed by atoms with van der Waals surface area (Å²) in [6.07, 6.45) is 4.64. The Morgan fingerprint density at radius 2 is 2.35 bits per heavy atom. The van der Waals surface area contributed by atoms with Crippen LogP contribution in [0.4, 0.5) is 0 Å². The highest BCUT2D eigenvalue weighted by Crippen LogP contribution is 2.02. The van der Waals surface area contributed by atoms with E-state index in [1.165, 1.54) is 6.20 Å². The molecule has 0 aliphatic rings. The van der Waals surface area contributed by atoms with Crippen LogP contribution < -0.4 is 11.1 Å². The number of aromatic nitrogens is 4. The van der Waals surface area contributed by atoms with Gasteiger partial charge in [-0.05, 0) is 6.07 Å². The highest BCUT2D eigenvalue weighted by molar-refractivity contribution is 5.94. The summed E-state index contributed by atoms with van der Waals surface area (Å²) in [5.41, 5.74) is 6.39. The van der Waals surface area contributed by atoms with Gasteiger partial charge in [-0.2, -0.15) is 5.10 Å². The molecule has 0 saturated heterocycles. The Kier molecular flexibility index (Phi) is 4.42. The second kappa shape index (κ2) is 6.45. The summed E-state index contributed by atoms with van der Waals surface area (Å²) in [7, 11) is 1.77. The van der Waals surface area contributed by atoms with E-state index in [1.807, 2.05) is 0 Å². The zero-order valence-corrected chi connectivity index (χ0v) is 11.0. The van der Waals surface area contributed by atoms with Crippen molar-refractivity contribution in [1.82, 2.24) is 25.1 Å². The number of aryl methyl sites for hydroxylation is 1. The van der Waals surface area contributed by atoms with E-state index < -0.39 is 0 Å². The van der Waals surface area contributed by atoms with Crippen molar-refractivity contribution >= 4 is 5.91 Å². The van der Waals surface area contributed by atoms with Gasteiger partial charge in [-0.1, -0.05) is 11.8 Å². The van der Waals surface area contributed by atoms with E-state index in [2.05, 4.69) is 32.2 Å². The van der Waals surface area contributed by atoms with Crippen molar-refractivity contribution in [2.75, 3.05) is 6.54 Å². The minimum Gasteiger partial charge on any atom is -0.345 e. The van der Waals surface area contributed by atoms with Crippen molar-refractivity contribution in [3.05, 3.63) is 41.7 Å². The Morgan fingerprint density at radius 1 is 1.50 bits per heavy atom. The Bertz CT molecular complexity index is 667. The molecular formula is C13H14N6O. The van der Waals surface area contributed by atoms with E-state index in [0.717, 1.165) is 0 Å². The molecule has 2 heterocycles. The molecule has 0 unspecified atom stereocenters. The van der Waals surface area contributed by atoms with Crippen LogP contribution in [-0.4, -0.2) is 32.2 Å². The highest BCUT2D eigenvalue weighted by atomic mass is 16.1. The number of carbonyl (C=O) groups is 1. The summed E-state index contributed by atoms with van der Waals surface area (Å²) in [5, 5.41) is 6.80. The van der Waals surface area contributed by atoms with Crippen LogP contribution in [-0.2, 0) is 13.6 Å². The van der Waals surface area contributed by atoms with Gasteiger partial charge in [0.2, 0.25) is 0 Å². The number of rotatable bonds is 3. The van der Waals surface area contributed by atoms with Gasteiger partial charge in [-0.25, -0.2) is 4.98 Å². The SMILES string of the molecule is Cn1cnc(CNC(=O)c2cncc(C#CCN)c2)n1. The summed E-state index contributed by atoms with van der Waals surface area (Å²) in [6.45, 7) is 0.528. The number of hydrogen-bond acceptors (Lipinski definition) is 5. The Labute approximate surface area is 116 Å². The molecule has 0 aliphatic heterocycles. The number of pyridine rings is 1. The fourth-order valence-electron chi connectivity index (χ4n) is 1.51. The van der Waals surface area contributed by atoms with Crippen molar-refractivity contribution in [3.63, 3.8) is 0 Å². The first kappa shape index (κ1) is 13.7. The minimum absolute atomic E-state index is 0.249. The minimum atomic E-state index is -0.249. The maximum Gasteiger partial charge on any atom is 0.253 e. The van der Waals surface area contributed by atoms with Gasteiger partial charge in [0, 0.05) is 25.0 Å². The fourth-order valence-corrected chi connectivity index (χ4v) is 1.51. The van der Waals surface area contributed by atoms with Gasteiger partial charge < -0.3 is 11.1 Å². The lowest BCUT2D eigenvalue weighted by Gasteiger charge is -2.02. The van der Waals surface area contributed by atoms with E-state index >= 15 is 0 Å². The number of nitrogens with one attached hydrogen (secondary N) is 1. The van der Waals surface area contributed by atoms with Crippen molar-refractivity contribution in [1.29, 1.82) is 0 Å². The molecule has 20 heavy (non-hydrogen) atoms. The molecule has 0 spiro atoms. The van der Waals surface area contributed by atoms with Gasteiger partial charge in [-0.3, -0.25) is 14.5 Å². The van der Waals surface area contributed by atoms with Gasteiger partial charge in [0.15, 0.2) is 5.82 Å². The molecule has 7 heteroatoms. The van der Waals surface area contributed by atoms with Crippen LogP contribution in [0.15, 0.2) is 24.8 Å². The lowest BCUT2D eigenvalue weighted by molar-refractivity contribution is 0.0949. The summed E-state index contributed by atoms with van der Waals surface area (Å²) in [4.78, 5) is 20.0. The molecule has 0 saturated carbocycles. The number of nitrogens with two attached hydrogens (primary N) is 1. The third-order valence-corrected chi connectivity index (χ3v) is 2.39. The standard InChI is InChI=1S/C13H14N6O/c1-19-9-17-12(18-19)8-16-13(20)11-5-10(3-2-4-14)6-15-7-11/h5-7,9H,4,8,14H2,1H3,(H,16,20). The molecule has 0 fully saturated rings. The Balaban J connectivity index is 2.01. The number of nitrogens with zero attached hydrogens (tertiary/aromatic N) is 4. The first-order chi connectivity index (χ1) is 9.69. The zero-order chi connectivity index (χ0) is 14.4. The Morgan fingerprint density at radius 3 is 3.05 bits per heavy atom. The molecule has 2 aromatic heterocycles. The van der Waals surface area contributed by atoms with Crippen LogP contribution in [0.3, 0.4) is 0 Å². The number of carbonyl (C=O) groups excluding carboxylic acids is 1. The fraction of sp³-hybridized carbons (Fsp3) is 0.231. The first-order valence-corrected chi connectivity index (χ1v) is 5.95. The monoisotopic (exact) mass is 270 g/mol. The molecule has 3 N–H and O–H groups in total. The molecule has 0 atom stereocenters. The highest BCUT2D eigenvalue weighted by Gasteiger charge is 2.07. The van der Waals surface area contributed by atoms with E-state index in [-0.39, 0.29) is 19.0 Å². The summed E-state index contributed by atoms with van der Waals surface area (Å²) in [5.74, 6) is 5.85. The number of amides is 1. The van der Waals surface area contributed by atoms with Gasteiger partial charge in [0.25, 0.3) is 5.91 Å². The zero-order valence-electron chi connectivity index (χ0n) is 11.0. The molecule has 2 aromatic rings. The van der Waals surface area contributed by atoms with Gasteiger partial charge >= 0.3 is 0 Å². The average molecular weight is 270 g/mol. The van der Waals surface area contributed by atoms with E-state index in [9.17, 15) is 4.79 Å². The molecule has 0 aliphatic carbocycles. The molecule has 0 aromatic carbocycles. The third-order valence-electron chi connectivity index (χ3n) is 2.39. The van der Waals surface area contributed by atoms with Crippen molar-refractivity contribution in [3.8, 4) is 11.8 Å². The van der Waals surface area contributed by atoms with E-state index in [4.69, 9.17) is 5.73 Å². The second-order valence-electron chi connectivity index (χ2n) is 3.99. The predicted molar refractivity (Wildman–Crippen MR) is 72.3 cm³/mol. The third kappa shape index (κ3) is 3.63. The lowest BCUT2D eigenvalue weighted by atomic mass is 10.2. The first-order valence-electron chi connectivity index (χ1n) is 5.95. The molecule has 7 nitrogen and oxygen atoms in total. The van der Waals surface area contributed by atoms with Crippen LogP contribution >= 0.6 is 0 Å². The van der Waals surface area contributed by atoms with Gasteiger partial charge in [-0.15, -0.1) is 0 Å². The van der Waals surface area contributed by atoms with Crippen LogP contribution in [0.2, 0.25) is 0 Å². The topological polar surface area (TPSA) is 98.7 Å². The molecule has 0 bridgehead atoms. The maximum atomic E-state index is 12.0. The summed E-state index contributed by atoms with van der Waals surface area (Å²) >= 11 is 0. The molecule has 2 rings (SSSR count). The van der Waals surface area contributed by atoms with Gasteiger partial charge in [0.05, 0.1) is 18.7 Å². The van der Waals surface area contributed by atoms with Crippen molar-refractivity contribution in [2.24, 2.45) is 12.8 Å². The smallest absolute Gasteiger partial charge is 0.253 e. The van der Waals surface area contributed by atoms with Crippen LogP contribution in [0, 0.1) is 11.8 Å². The average Bonchev–Trinajstić information content (AvgIpc) is 2.88. The van der Waals surface area contributed by atoms with Crippen LogP contribution in [0.1, 0.15) is 21.7 Å². The quantitative estimate of drug-likeness (QED) is 0.729. The molecule has 1 amide bonds. The maximum absolute atomic E-state index is 12.0. The van der Waals surface area contributed by atoms with Crippen LogP contribution in [0.5, 0.6) is 0 Å². The Hall–Kier alpha value is -2.72. The van der Waals surface area contributed by atoms with E-state index in [1.54, 1.807) is 30.3 Å². The van der Waals surface area contributed by atoms with Crippen molar-refractivity contribution in [2.45, 2.75) is 6.54 Å². The largest absolute Gasteiger partial charge is 0.345 e. The molecular weight excluding hydrogens is 256 g/mol. The van der Waals surface area contributed by atoms with Crippen LogP contribution in [0.25, 0.3) is 0 Å². The summed E-state index contributed by atoms with van der Waals surface area (Å²) < 4.78 is 1.58. The van der Waals surface area contributed by atoms with E-state index in [0.29, 0.717) is 17.0 Å². The molecule has 102 valence electrons. The molecule has 0 radical (unpaired) electrons. The number of hydrogen-bond donors (Lipinski definition) is 2. The predicted octanol–water partition coefficient (Wildman–Crippen LogP) is -0.550. The second-order valence-corrected chi connectivity index (χ2v) is 3.99. The van der Waals surface area contributed by atoms with Gasteiger partial charge in [0.1, 0.15) is 6.33 Å². The summed E-state index contributed by atoms with van der Waals surface area (Å²) in [6, 6.07) is 1.66. The normalized spacial score (nSPS) is 9.70. The lowest BCUT2D eigenvalue weighted by Crippen LogP contribution is -2.23.